The Kier molecular flexibility index (Phi) is 3.20. The van der Waals surface area contributed by atoms with Crippen LogP contribution in [-0.4, -0.2) is 15.3 Å². The molecule has 0 unspecified atom stereocenters. The molecule has 0 amide bonds. The predicted octanol–water partition coefficient (Wildman–Crippen LogP) is 3.14. The van der Waals surface area contributed by atoms with Crippen molar-refractivity contribution in [1.82, 2.24) is 9.55 Å². The van der Waals surface area contributed by atoms with Crippen molar-refractivity contribution in [2.45, 2.75) is 13.8 Å². The van der Waals surface area contributed by atoms with Gasteiger partial charge in [-0.05, 0) is 37.1 Å². The first kappa shape index (κ1) is 14.3. The molecule has 0 spiro atoms. The van der Waals surface area contributed by atoms with Crippen molar-refractivity contribution in [3.63, 3.8) is 0 Å². The van der Waals surface area contributed by atoms with E-state index in [-0.39, 0.29) is 17.0 Å². The van der Waals surface area contributed by atoms with Gasteiger partial charge in [0, 0.05) is 30.4 Å². The summed E-state index contributed by atoms with van der Waals surface area (Å²) in [5.41, 5.74) is 8.23. The number of nitrogens with zero attached hydrogens (tertiary/aromatic N) is 2. The number of anilines is 1. The van der Waals surface area contributed by atoms with Gasteiger partial charge in [0.15, 0.2) is 11.6 Å². The number of nitrogens with two attached hydrogens (primary N) is 1. The largest absolute Gasteiger partial charge is 0.396 e. The second-order valence-electron chi connectivity index (χ2n) is 5.53. The minimum absolute atomic E-state index is 0.0222. The second kappa shape index (κ2) is 4.94. The van der Waals surface area contributed by atoms with Gasteiger partial charge in [-0.1, -0.05) is 6.07 Å². The van der Waals surface area contributed by atoms with Crippen LogP contribution in [0.3, 0.4) is 0 Å². The van der Waals surface area contributed by atoms with Crippen LogP contribution in [0.2, 0.25) is 0 Å². The Morgan fingerprint density at radius 2 is 2.05 bits per heavy atom. The quantitative estimate of drug-likeness (QED) is 0.584. The highest BCUT2D eigenvalue weighted by Gasteiger charge is 2.22. The molecule has 0 saturated carbocycles. The third-order valence-electron chi connectivity index (χ3n) is 3.80. The van der Waals surface area contributed by atoms with Crippen molar-refractivity contribution in [3.8, 4) is 0 Å². The Morgan fingerprint density at radius 3 is 2.77 bits per heavy atom. The number of benzene rings is 1. The lowest BCUT2D eigenvalue weighted by Gasteiger charge is -2.08. The SMILES string of the molecule is Cc1cnc2c(c1)c(C(=O)c1c(C)ccc(N)c1F)cn2C. The number of aryl methyl sites for hydroxylation is 3. The smallest absolute Gasteiger partial charge is 0.198 e. The molecule has 0 bridgehead atoms. The molecule has 2 aromatic heterocycles. The van der Waals surface area contributed by atoms with Crippen LogP contribution in [0.5, 0.6) is 0 Å². The van der Waals surface area contributed by atoms with Crippen molar-refractivity contribution in [2.24, 2.45) is 7.05 Å². The molecule has 5 heteroatoms. The standard InChI is InChI=1S/C17H16FN3O/c1-9-6-11-12(8-21(3)17(11)20-7-9)16(22)14-10(2)4-5-13(19)15(14)18/h4-8H,19H2,1-3H3. The number of carbonyl (C=O) groups is 1. The third-order valence-corrected chi connectivity index (χ3v) is 3.80. The highest BCUT2D eigenvalue weighted by atomic mass is 19.1. The average molecular weight is 297 g/mol. The van der Waals surface area contributed by atoms with Gasteiger partial charge in [-0.15, -0.1) is 0 Å². The van der Waals surface area contributed by atoms with E-state index in [0.29, 0.717) is 22.2 Å². The molecule has 0 atom stereocenters. The van der Waals surface area contributed by atoms with E-state index in [2.05, 4.69) is 4.98 Å². The van der Waals surface area contributed by atoms with E-state index in [1.54, 1.807) is 30.0 Å². The summed E-state index contributed by atoms with van der Waals surface area (Å²) in [5.74, 6) is -1.04. The molecule has 3 rings (SSSR count). The number of halogens is 1. The van der Waals surface area contributed by atoms with Gasteiger partial charge in [0.25, 0.3) is 0 Å². The van der Waals surface area contributed by atoms with E-state index in [4.69, 9.17) is 5.73 Å². The number of carbonyl (C=O) groups excluding carboxylic acids is 1. The minimum atomic E-state index is -0.664. The number of hydrogen-bond acceptors (Lipinski definition) is 3. The fourth-order valence-electron chi connectivity index (χ4n) is 2.65. The van der Waals surface area contributed by atoms with Crippen LogP contribution >= 0.6 is 0 Å². The summed E-state index contributed by atoms with van der Waals surface area (Å²) in [6.07, 6.45) is 3.42. The molecule has 0 saturated heterocycles. The molecule has 0 fully saturated rings. The van der Waals surface area contributed by atoms with Crippen molar-refractivity contribution in [3.05, 3.63) is 58.7 Å². The van der Waals surface area contributed by atoms with Gasteiger partial charge in [0.1, 0.15) is 5.65 Å². The van der Waals surface area contributed by atoms with Crippen LogP contribution in [0, 0.1) is 19.7 Å². The summed E-state index contributed by atoms with van der Waals surface area (Å²) in [7, 11) is 1.81. The van der Waals surface area contributed by atoms with E-state index in [1.165, 1.54) is 6.07 Å². The Morgan fingerprint density at radius 1 is 1.32 bits per heavy atom. The van der Waals surface area contributed by atoms with Crippen molar-refractivity contribution in [2.75, 3.05) is 5.73 Å². The summed E-state index contributed by atoms with van der Waals surface area (Å²) < 4.78 is 16.1. The molecule has 0 aliphatic rings. The van der Waals surface area contributed by atoms with Gasteiger partial charge in [0.2, 0.25) is 0 Å². The lowest BCUT2D eigenvalue weighted by Crippen LogP contribution is -2.08. The van der Waals surface area contributed by atoms with Gasteiger partial charge in [-0.25, -0.2) is 9.37 Å². The topological polar surface area (TPSA) is 60.9 Å². The Hall–Kier alpha value is -2.69. The Bertz CT molecular complexity index is 912. The normalized spacial score (nSPS) is 11.1. The average Bonchev–Trinajstić information content (AvgIpc) is 2.80. The molecule has 3 aromatic rings. The fourth-order valence-corrected chi connectivity index (χ4v) is 2.65. The summed E-state index contributed by atoms with van der Waals surface area (Å²) in [4.78, 5) is 17.2. The number of nitrogen functional groups attached to an aromatic ring is 1. The van der Waals surface area contributed by atoms with Gasteiger partial charge >= 0.3 is 0 Å². The molecule has 2 N–H and O–H groups in total. The van der Waals surface area contributed by atoms with Crippen LogP contribution in [0.1, 0.15) is 27.0 Å². The molecule has 112 valence electrons. The number of pyridine rings is 1. The minimum Gasteiger partial charge on any atom is -0.396 e. The summed E-state index contributed by atoms with van der Waals surface area (Å²) >= 11 is 0. The molecule has 0 aliphatic carbocycles. The Labute approximate surface area is 127 Å². The highest BCUT2D eigenvalue weighted by molar-refractivity contribution is 6.17. The van der Waals surface area contributed by atoms with E-state index in [0.717, 1.165) is 5.56 Å². The number of aromatic nitrogens is 2. The number of hydrogen-bond donors (Lipinski definition) is 1. The molecular weight excluding hydrogens is 281 g/mol. The van der Waals surface area contributed by atoms with E-state index >= 15 is 0 Å². The molecule has 4 nitrogen and oxygen atoms in total. The van der Waals surface area contributed by atoms with Gasteiger partial charge in [0.05, 0.1) is 11.3 Å². The first-order chi connectivity index (χ1) is 10.4. The van der Waals surface area contributed by atoms with Crippen LogP contribution < -0.4 is 5.73 Å². The van der Waals surface area contributed by atoms with Gasteiger partial charge in [-0.2, -0.15) is 0 Å². The molecule has 2 heterocycles. The lowest BCUT2D eigenvalue weighted by atomic mass is 9.97. The maximum atomic E-state index is 14.3. The van der Waals surface area contributed by atoms with Gasteiger partial charge < -0.3 is 10.3 Å². The van der Waals surface area contributed by atoms with Crippen molar-refractivity contribution in [1.29, 1.82) is 0 Å². The summed E-state index contributed by atoms with van der Waals surface area (Å²) in [6, 6.07) is 5.01. The summed E-state index contributed by atoms with van der Waals surface area (Å²) in [6.45, 7) is 3.60. The molecule has 0 aliphatic heterocycles. The monoisotopic (exact) mass is 297 g/mol. The van der Waals surface area contributed by atoms with Crippen molar-refractivity contribution >= 4 is 22.5 Å². The maximum Gasteiger partial charge on any atom is 0.198 e. The van der Waals surface area contributed by atoms with E-state index in [1.807, 2.05) is 20.0 Å². The van der Waals surface area contributed by atoms with E-state index < -0.39 is 5.82 Å². The number of rotatable bonds is 2. The molecular formula is C17H16FN3O. The van der Waals surface area contributed by atoms with Crippen molar-refractivity contribution < 1.29 is 9.18 Å². The first-order valence-corrected chi connectivity index (χ1v) is 6.91. The zero-order chi connectivity index (χ0) is 16.0. The van der Waals surface area contributed by atoms with Gasteiger partial charge in [-0.3, -0.25) is 4.79 Å². The van der Waals surface area contributed by atoms with Crippen LogP contribution in [0.15, 0.2) is 30.6 Å². The third kappa shape index (κ3) is 2.06. The maximum absolute atomic E-state index is 14.3. The summed E-state index contributed by atoms with van der Waals surface area (Å²) in [5, 5.41) is 0.716. The number of ketones is 1. The highest BCUT2D eigenvalue weighted by Crippen LogP contribution is 2.27. The zero-order valence-electron chi connectivity index (χ0n) is 12.6. The van der Waals surface area contributed by atoms with Crippen LogP contribution in [-0.2, 0) is 7.05 Å². The van der Waals surface area contributed by atoms with Crippen LogP contribution in [0.25, 0.3) is 11.0 Å². The fraction of sp³-hybridized carbons (Fsp3) is 0.176. The molecule has 0 radical (unpaired) electrons. The van der Waals surface area contributed by atoms with Crippen LogP contribution in [0.4, 0.5) is 10.1 Å². The first-order valence-electron chi connectivity index (χ1n) is 6.91. The molecule has 22 heavy (non-hydrogen) atoms. The molecule has 1 aromatic carbocycles. The Balaban J connectivity index is 2.27. The predicted molar refractivity (Wildman–Crippen MR) is 84.4 cm³/mol. The zero-order valence-corrected chi connectivity index (χ0v) is 12.6. The lowest BCUT2D eigenvalue weighted by molar-refractivity contribution is 0.103. The number of fused-ring (bicyclic) bond motifs is 1. The second-order valence-corrected chi connectivity index (χ2v) is 5.53. The van der Waals surface area contributed by atoms with E-state index in [9.17, 15) is 9.18 Å².